The number of carbonyl (C=O) groups is 2. The number of ether oxygens (including phenoxy) is 2. The summed E-state index contributed by atoms with van der Waals surface area (Å²) in [6, 6.07) is 19.5. The molecule has 1 unspecified atom stereocenters. The highest BCUT2D eigenvalue weighted by molar-refractivity contribution is 6.05. The molecule has 0 amide bonds. The minimum absolute atomic E-state index is 0.225. The van der Waals surface area contributed by atoms with Gasteiger partial charge in [0.25, 0.3) is 0 Å². The average molecular weight is 379 g/mol. The van der Waals surface area contributed by atoms with Crippen LogP contribution in [0, 0.1) is 0 Å². The van der Waals surface area contributed by atoms with Crippen LogP contribution in [0.4, 0.5) is 5.69 Å². The van der Waals surface area contributed by atoms with Crippen molar-refractivity contribution in [3.63, 3.8) is 0 Å². The molecule has 0 aromatic heterocycles. The molecule has 0 aliphatic carbocycles. The van der Waals surface area contributed by atoms with Gasteiger partial charge in [0.2, 0.25) is 0 Å². The van der Waals surface area contributed by atoms with Gasteiger partial charge in [-0.15, -0.1) is 0 Å². The molecule has 1 aliphatic heterocycles. The molecule has 1 aliphatic rings. The van der Waals surface area contributed by atoms with Crippen LogP contribution in [0.3, 0.4) is 0 Å². The summed E-state index contributed by atoms with van der Waals surface area (Å²) in [5.41, 5.74) is 1.77. The van der Waals surface area contributed by atoms with E-state index < -0.39 is 17.5 Å². The Balaban J connectivity index is 2.22. The van der Waals surface area contributed by atoms with Crippen molar-refractivity contribution in [3.05, 3.63) is 77.5 Å². The maximum Gasteiger partial charge on any atom is 0.355 e. The monoisotopic (exact) mass is 379 g/mol. The predicted octanol–water partition coefficient (Wildman–Crippen LogP) is 4.19. The van der Waals surface area contributed by atoms with Crippen molar-refractivity contribution >= 4 is 17.6 Å². The fourth-order valence-corrected chi connectivity index (χ4v) is 3.71. The van der Waals surface area contributed by atoms with Crippen LogP contribution in [0.1, 0.15) is 32.8 Å². The first kappa shape index (κ1) is 19.7. The first-order valence-corrected chi connectivity index (χ1v) is 9.51. The van der Waals surface area contributed by atoms with Gasteiger partial charge in [-0.3, -0.25) is 0 Å². The van der Waals surface area contributed by atoms with Crippen molar-refractivity contribution < 1.29 is 19.1 Å². The van der Waals surface area contributed by atoms with E-state index in [0.717, 1.165) is 11.3 Å². The number of esters is 2. The van der Waals surface area contributed by atoms with Crippen molar-refractivity contribution in [2.24, 2.45) is 0 Å². The molecule has 0 saturated carbocycles. The SMILES string of the molecule is CCOC(=O)C1=C(C(=O)OCC)N(c2ccccc2)C(C)(c2ccccc2)C1. The van der Waals surface area contributed by atoms with E-state index >= 15 is 0 Å². The zero-order valence-corrected chi connectivity index (χ0v) is 16.5. The molecule has 0 N–H and O–H groups in total. The smallest absolute Gasteiger partial charge is 0.355 e. The summed E-state index contributed by atoms with van der Waals surface area (Å²) in [6.07, 6.45) is 0.346. The number of rotatable bonds is 6. The minimum atomic E-state index is -0.632. The van der Waals surface area contributed by atoms with E-state index in [2.05, 4.69) is 0 Å². The third kappa shape index (κ3) is 3.52. The van der Waals surface area contributed by atoms with E-state index in [4.69, 9.17) is 9.47 Å². The summed E-state index contributed by atoms with van der Waals surface area (Å²) in [6.45, 7) is 6.00. The van der Waals surface area contributed by atoms with Gasteiger partial charge in [-0.25, -0.2) is 9.59 Å². The van der Waals surface area contributed by atoms with Gasteiger partial charge >= 0.3 is 11.9 Å². The topological polar surface area (TPSA) is 55.8 Å². The summed E-state index contributed by atoms with van der Waals surface area (Å²) < 4.78 is 10.6. The van der Waals surface area contributed by atoms with Gasteiger partial charge in [0, 0.05) is 12.1 Å². The fourth-order valence-electron chi connectivity index (χ4n) is 3.71. The van der Waals surface area contributed by atoms with Crippen molar-refractivity contribution in [1.29, 1.82) is 0 Å². The maximum absolute atomic E-state index is 12.9. The largest absolute Gasteiger partial charge is 0.463 e. The van der Waals surface area contributed by atoms with E-state index in [0.29, 0.717) is 12.0 Å². The summed E-state index contributed by atoms with van der Waals surface area (Å²) in [4.78, 5) is 27.6. The number of para-hydroxylation sites is 1. The molecule has 0 bridgehead atoms. The number of carbonyl (C=O) groups excluding carboxylic acids is 2. The molecule has 2 aromatic rings. The molecule has 146 valence electrons. The number of anilines is 1. The third-order valence-electron chi connectivity index (χ3n) is 4.92. The number of hydrogen-bond acceptors (Lipinski definition) is 5. The Labute approximate surface area is 165 Å². The van der Waals surface area contributed by atoms with Crippen LogP contribution in [0.15, 0.2) is 71.9 Å². The lowest BCUT2D eigenvalue weighted by Crippen LogP contribution is -2.41. The van der Waals surface area contributed by atoms with Gasteiger partial charge in [0.1, 0.15) is 5.70 Å². The van der Waals surface area contributed by atoms with Gasteiger partial charge in [0.05, 0.1) is 24.3 Å². The van der Waals surface area contributed by atoms with Gasteiger partial charge in [-0.05, 0) is 38.5 Å². The van der Waals surface area contributed by atoms with Gasteiger partial charge in [-0.1, -0.05) is 48.5 Å². The number of benzene rings is 2. The van der Waals surface area contributed by atoms with E-state index in [1.54, 1.807) is 13.8 Å². The van der Waals surface area contributed by atoms with Crippen LogP contribution in [0.2, 0.25) is 0 Å². The Morgan fingerprint density at radius 2 is 1.43 bits per heavy atom. The quantitative estimate of drug-likeness (QED) is 0.705. The predicted molar refractivity (Wildman–Crippen MR) is 108 cm³/mol. The lowest BCUT2D eigenvalue weighted by Gasteiger charge is -2.38. The van der Waals surface area contributed by atoms with Gasteiger partial charge in [-0.2, -0.15) is 0 Å². The molecule has 1 atom stereocenters. The van der Waals surface area contributed by atoms with Crippen LogP contribution in [-0.2, 0) is 24.6 Å². The summed E-state index contributed by atoms with van der Waals surface area (Å²) in [7, 11) is 0. The molecule has 3 rings (SSSR count). The number of nitrogens with zero attached hydrogens (tertiary/aromatic N) is 1. The average Bonchev–Trinajstić information content (AvgIpc) is 3.04. The second kappa shape index (κ2) is 8.30. The Morgan fingerprint density at radius 1 is 0.893 bits per heavy atom. The standard InChI is InChI=1S/C23H25NO4/c1-4-27-21(25)19-16-23(3,17-12-8-6-9-13-17)24(18-14-10-7-11-15-18)20(19)22(26)28-5-2/h6-15H,4-5,16H2,1-3H3. The Kier molecular flexibility index (Phi) is 5.83. The fraction of sp³-hybridized carbons (Fsp3) is 0.304. The summed E-state index contributed by atoms with van der Waals surface area (Å²) in [5, 5.41) is 0. The molecule has 0 radical (unpaired) electrons. The molecule has 28 heavy (non-hydrogen) atoms. The molecular weight excluding hydrogens is 354 g/mol. The first-order valence-electron chi connectivity index (χ1n) is 9.51. The van der Waals surface area contributed by atoms with E-state index in [1.165, 1.54) is 0 Å². The first-order chi connectivity index (χ1) is 13.5. The van der Waals surface area contributed by atoms with Crippen molar-refractivity contribution in [3.8, 4) is 0 Å². The van der Waals surface area contributed by atoms with E-state index in [1.807, 2.05) is 72.5 Å². The Morgan fingerprint density at radius 3 is 2.00 bits per heavy atom. The second-order valence-electron chi connectivity index (χ2n) is 6.76. The molecule has 5 heteroatoms. The zero-order valence-electron chi connectivity index (χ0n) is 16.5. The highest BCUT2D eigenvalue weighted by Crippen LogP contribution is 2.47. The highest BCUT2D eigenvalue weighted by Gasteiger charge is 2.49. The zero-order chi connectivity index (χ0) is 20.1. The third-order valence-corrected chi connectivity index (χ3v) is 4.92. The minimum Gasteiger partial charge on any atom is -0.463 e. The number of hydrogen-bond donors (Lipinski definition) is 0. The van der Waals surface area contributed by atoms with Crippen LogP contribution in [0.5, 0.6) is 0 Å². The van der Waals surface area contributed by atoms with Crippen LogP contribution in [0.25, 0.3) is 0 Å². The van der Waals surface area contributed by atoms with Crippen molar-refractivity contribution in [2.75, 3.05) is 18.1 Å². The molecule has 2 aromatic carbocycles. The molecular formula is C23H25NO4. The van der Waals surface area contributed by atoms with Crippen LogP contribution >= 0.6 is 0 Å². The summed E-state index contributed by atoms with van der Waals surface area (Å²) in [5.74, 6) is -1.000. The maximum atomic E-state index is 12.9. The molecule has 5 nitrogen and oxygen atoms in total. The second-order valence-corrected chi connectivity index (χ2v) is 6.76. The lowest BCUT2D eigenvalue weighted by atomic mass is 9.87. The lowest BCUT2D eigenvalue weighted by molar-refractivity contribution is -0.141. The Bertz CT molecular complexity index is 876. The van der Waals surface area contributed by atoms with Gasteiger partial charge in [0.15, 0.2) is 0 Å². The molecule has 0 saturated heterocycles. The molecule has 0 fully saturated rings. The van der Waals surface area contributed by atoms with Crippen LogP contribution in [-0.4, -0.2) is 25.2 Å². The van der Waals surface area contributed by atoms with E-state index in [9.17, 15) is 9.59 Å². The van der Waals surface area contributed by atoms with Crippen LogP contribution < -0.4 is 4.90 Å². The van der Waals surface area contributed by atoms with E-state index in [-0.39, 0.29) is 18.9 Å². The Hall–Kier alpha value is -3.08. The highest BCUT2D eigenvalue weighted by atomic mass is 16.5. The molecule has 0 spiro atoms. The van der Waals surface area contributed by atoms with Crippen molar-refractivity contribution in [1.82, 2.24) is 0 Å². The summed E-state index contributed by atoms with van der Waals surface area (Å²) >= 11 is 0. The molecule has 1 heterocycles. The normalized spacial score (nSPS) is 18.9. The van der Waals surface area contributed by atoms with Crippen molar-refractivity contribution in [2.45, 2.75) is 32.7 Å². The van der Waals surface area contributed by atoms with Gasteiger partial charge < -0.3 is 14.4 Å².